The Labute approximate surface area is 149 Å². The summed E-state index contributed by atoms with van der Waals surface area (Å²) in [7, 11) is 0. The lowest BCUT2D eigenvalue weighted by atomic mass is 10.2. The second-order valence-corrected chi connectivity index (χ2v) is 6.29. The number of carbonyl (C=O) groups is 1. The van der Waals surface area contributed by atoms with Crippen molar-refractivity contribution in [2.45, 2.75) is 39.0 Å². The van der Waals surface area contributed by atoms with E-state index in [0.717, 1.165) is 56.8 Å². The van der Waals surface area contributed by atoms with Crippen molar-refractivity contribution >= 4 is 28.9 Å². The number of rotatable bonds is 7. The minimum absolute atomic E-state index is 0.294. The molecule has 5 nitrogen and oxygen atoms in total. The number of ether oxygens (including phenoxy) is 1. The molecule has 6 heteroatoms. The Morgan fingerprint density at radius 2 is 2.04 bits per heavy atom. The van der Waals surface area contributed by atoms with Gasteiger partial charge in [-0.3, -0.25) is 4.79 Å². The van der Waals surface area contributed by atoms with Gasteiger partial charge in [0.1, 0.15) is 5.75 Å². The fourth-order valence-electron chi connectivity index (χ4n) is 2.72. The quantitative estimate of drug-likeness (QED) is 0.585. The van der Waals surface area contributed by atoms with Gasteiger partial charge in [0.05, 0.1) is 6.61 Å². The summed E-state index contributed by atoms with van der Waals surface area (Å²) in [5.41, 5.74) is 0.929. The number of hydrogen-bond acceptors (Lipinski definition) is 3. The Hall–Kier alpha value is -1.82. The van der Waals surface area contributed by atoms with Gasteiger partial charge in [0, 0.05) is 31.7 Å². The van der Waals surface area contributed by atoms with Crippen molar-refractivity contribution in [2.75, 3.05) is 31.6 Å². The zero-order valence-corrected chi connectivity index (χ0v) is 15.2. The number of nitrogens with one attached hydrogen (secondary N) is 2. The molecule has 0 saturated carbocycles. The number of likely N-dealkylation sites (tertiary alicyclic amines) is 1. The number of hydrogen-bond donors (Lipinski definition) is 2. The maximum Gasteiger partial charge on any atom is 0.222 e. The summed E-state index contributed by atoms with van der Waals surface area (Å²) >= 11 is 5.30. The van der Waals surface area contributed by atoms with Crippen LogP contribution in [0.4, 0.5) is 5.69 Å². The van der Waals surface area contributed by atoms with Crippen molar-refractivity contribution in [2.24, 2.45) is 0 Å². The molecule has 1 saturated heterocycles. The van der Waals surface area contributed by atoms with Gasteiger partial charge in [-0.1, -0.05) is 6.42 Å². The van der Waals surface area contributed by atoms with Crippen molar-refractivity contribution in [3.63, 3.8) is 0 Å². The van der Waals surface area contributed by atoms with Crippen molar-refractivity contribution < 1.29 is 9.53 Å². The van der Waals surface area contributed by atoms with Gasteiger partial charge in [-0.25, -0.2) is 0 Å². The summed E-state index contributed by atoms with van der Waals surface area (Å²) in [6.07, 6.45) is 4.92. The minimum atomic E-state index is 0.294. The standard InChI is InChI=1S/C18H27N3O2S/c1-2-23-16-10-8-15(9-11-16)20-18(24)19-12-6-14-21-13-5-3-4-7-17(21)22/h8-11H,2-7,12-14H2,1H3,(H2,19,20,24). The van der Waals surface area contributed by atoms with Gasteiger partial charge in [-0.15, -0.1) is 0 Å². The lowest BCUT2D eigenvalue weighted by molar-refractivity contribution is -0.130. The van der Waals surface area contributed by atoms with Crippen molar-refractivity contribution in [3.8, 4) is 5.75 Å². The van der Waals surface area contributed by atoms with Gasteiger partial charge in [-0.2, -0.15) is 0 Å². The number of amides is 1. The van der Waals surface area contributed by atoms with Crippen molar-refractivity contribution in [1.29, 1.82) is 0 Å². The molecule has 132 valence electrons. The third kappa shape index (κ3) is 6.35. The molecule has 0 unspecified atom stereocenters. The van der Waals surface area contributed by atoms with Crippen LogP contribution in [0.15, 0.2) is 24.3 Å². The first-order chi connectivity index (χ1) is 11.7. The first kappa shape index (κ1) is 18.5. The number of anilines is 1. The topological polar surface area (TPSA) is 53.6 Å². The van der Waals surface area contributed by atoms with E-state index in [-0.39, 0.29) is 0 Å². The average Bonchev–Trinajstić information content (AvgIpc) is 2.78. The van der Waals surface area contributed by atoms with Gasteiger partial charge in [0.15, 0.2) is 5.11 Å². The molecule has 24 heavy (non-hydrogen) atoms. The van der Waals surface area contributed by atoms with Crippen LogP contribution in [0.5, 0.6) is 5.75 Å². The smallest absolute Gasteiger partial charge is 0.222 e. The first-order valence-corrected chi connectivity index (χ1v) is 9.15. The highest BCUT2D eigenvalue weighted by atomic mass is 32.1. The molecule has 0 atom stereocenters. The fourth-order valence-corrected chi connectivity index (χ4v) is 2.94. The molecule has 1 amide bonds. The Balaban J connectivity index is 1.64. The van der Waals surface area contributed by atoms with Gasteiger partial charge in [0.2, 0.25) is 5.91 Å². The van der Waals surface area contributed by atoms with E-state index in [1.165, 1.54) is 0 Å². The van der Waals surface area contributed by atoms with Crippen LogP contribution in [0.2, 0.25) is 0 Å². The molecule has 0 aliphatic carbocycles. The molecule has 2 rings (SSSR count). The van der Waals surface area contributed by atoms with Crippen LogP contribution in [-0.2, 0) is 4.79 Å². The van der Waals surface area contributed by atoms with E-state index in [9.17, 15) is 4.79 Å². The SMILES string of the molecule is CCOc1ccc(NC(=S)NCCCN2CCCCCC2=O)cc1. The normalized spacial score (nSPS) is 14.9. The van der Waals surface area contributed by atoms with E-state index in [0.29, 0.717) is 24.0 Å². The summed E-state index contributed by atoms with van der Waals surface area (Å²) in [6.45, 7) is 5.08. The monoisotopic (exact) mass is 349 g/mol. The molecule has 0 aromatic heterocycles. The molecular weight excluding hydrogens is 322 g/mol. The lowest BCUT2D eigenvalue weighted by Crippen LogP contribution is -2.35. The second kappa shape index (κ2) is 10.1. The summed E-state index contributed by atoms with van der Waals surface area (Å²) in [5.74, 6) is 1.15. The molecule has 1 fully saturated rings. The minimum Gasteiger partial charge on any atom is -0.494 e. The molecule has 1 aromatic carbocycles. The zero-order chi connectivity index (χ0) is 17.2. The number of benzene rings is 1. The molecule has 0 spiro atoms. The van der Waals surface area contributed by atoms with Gasteiger partial charge in [0.25, 0.3) is 0 Å². The third-order valence-corrected chi connectivity index (χ3v) is 4.23. The first-order valence-electron chi connectivity index (χ1n) is 8.74. The number of nitrogens with zero attached hydrogens (tertiary/aromatic N) is 1. The summed E-state index contributed by atoms with van der Waals surface area (Å²) in [5, 5.41) is 6.94. The molecule has 2 N–H and O–H groups in total. The Kier molecular flexibility index (Phi) is 7.82. The Morgan fingerprint density at radius 1 is 1.25 bits per heavy atom. The molecule has 0 bridgehead atoms. The number of carbonyl (C=O) groups excluding carboxylic acids is 1. The van der Waals surface area contributed by atoms with Crippen LogP contribution in [0.25, 0.3) is 0 Å². The van der Waals surface area contributed by atoms with Crippen molar-refractivity contribution in [1.82, 2.24) is 10.2 Å². The van der Waals surface area contributed by atoms with Crippen LogP contribution in [0.3, 0.4) is 0 Å². The molecule has 1 aliphatic rings. The highest BCUT2D eigenvalue weighted by molar-refractivity contribution is 7.80. The molecule has 1 aliphatic heterocycles. The summed E-state index contributed by atoms with van der Waals surface area (Å²) in [6, 6.07) is 7.71. The predicted molar refractivity (Wildman–Crippen MR) is 101 cm³/mol. The second-order valence-electron chi connectivity index (χ2n) is 5.88. The highest BCUT2D eigenvalue weighted by Gasteiger charge is 2.15. The van der Waals surface area contributed by atoms with E-state index in [1.54, 1.807) is 0 Å². The van der Waals surface area contributed by atoms with Crippen LogP contribution >= 0.6 is 12.2 Å². The van der Waals surface area contributed by atoms with E-state index >= 15 is 0 Å². The summed E-state index contributed by atoms with van der Waals surface area (Å²) in [4.78, 5) is 13.9. The van der Waals surface area contributed by atoms with Gasteiger partial charge in [-0.05, 0) is 62.7 Å². The van der Waals surface area contributed by atoms with E-state index in [1.807, 2.05) is 36.1 Å². The van der Waals surface area contributed by atoms with Crippen LogP contribution in [0.1, 0.15) is 39.0 Å². The lowest BCUT2D eigenvalue weighted by Gasteiger charge is -2.20. The molecule has 1 heterocycles. The van der Waals surface area contributed by atoms with Gasteiger partial charge >= 0.3 is 0 Å². The van der Waals surface area contributed by atoms with Crippen LogP contribution in [-0.4, -0.2) is 42.2 Å². The van der Waals surface area contributed by atoms with Crippen molar-refractivity contribution in [3.05, 3.63) is 24.3 Å². The maximum atomic E-state index is 11.9. The average molecular weight is 350 g/mol. The predicted octanol–water partition coefficient (Wildman–Crippen LogP) is 3.16. The van der Waals surface area contributed by atoms with E-state index in [2.05, 4.69) is 10.6 Å². The van der Waals surface area contributed by atoms with Gasteiger partial charge < -0.3 is 20.3 Å². The summed E-state index contributed by atoms with van der Waals surface area (Å²) < 4.78 is 5.41. The third-order valence-electron chi connectivity index (χ3n) is 3.98. The Bertz CT molecular complexity index is 534. The highest BCUT2D eigenvalue weighted by Crippen LogP contribution is 2.15. The fraction of sp³-hybridized carbons (Fsp3) is 0.556. The zero-order valence-electron chi connectivity index (χ0n) is 14.3. The molecule has 1 aromatic rings. The molecular formula is C18H27N3O2S. The number of thiocarbonyl (C=S) groups is 1. The van der Waals surface area contributed by atoms with E-state index < -0.39 is 0 Å². The largest absolute Gasteiger partial charge is 0.494 e. The van der Waals surface area contributed by atoms with E-state index in [4.69, 9.17) is 17.0 Å². The molecule has 0 radical (unpaired) electrons. The van der Waals surface area contributed by atoms with Crippen LogP contribution < -0.4 is 15.4 Å². The maximum absolute atomic E-state index is 11.9. The Morgan fingerprint density at radius 3 is 2.79 bits per heavy atom. The van der Waals surface area contributed by atoms with Crippen LogP contribution in [0, 0.1) is 0 Å².